The Labute approximate surface area is 147 Å². The molecule has 2 aliphatic heterocycles. The van der Waals surface area contributed by atoms with Crippen LogP contribution in [0, 0.1) is 0 Å². The van der Waals surface area contributed by atoms with Crippen LogP contribution < -0.4 is 4.74 Å². The van der Waals surface area contributed by atoms with Gasteiger partial charge in [-0.2, -0.15) is 0 Å². The van der Waals surface area contributed by atoms with E-state index in [0.29, 0.717) is 13.2 Å². The van der Waals surface area contributed by atoms with Crippen LogP contribution in [-0.4, -0.2) is 53.3 Å². The van der Waals surface area contributed by atoms with Gasteiger partial charge in [0.25, 0.3) is 0 Å². The summed E-state index contributed by atoms with van der Waals surface area (Å²) in [6.07, 6.45) is 3.06. The molecule has 3 heterocycles. The Bertz CT molecular complexity index is 733. The van der Waals surface area contributed by atoms with E-state index >= 15 is 0 Å². The van der Waals surface area contributed by atoms with E-state index < -0.39 is 0 Å². The molecular formula is C18H24N4O3. The molecule has 0 saturated carbocycles. The molecule has 0 aliphatic carbocycles. The summed E-state index contributed by atoms with van der Waals surface area (Å²) in [6, 6.07) is 6.57. The summed E-state index contributed by atoms with van der Waals surface area (Å²) in [7, 11) is 3.40. The number of aromatic nitrogens is 3. The van der Waals surface area contributed by atoms with Crippen molar-refractivity contribution in [1.29, 1.82) is 0 Å². The average molecular weight is 344 g/mol. The summed E-state index contributed by atoms with van der Waals surface area (Å²) in [4.78, 5) is 2.46. The van der Waals surface area contributed by atoms with Gasteiger partial charge < -0.3 is 14.2 Å². The van der Waals surface area contributed by atoms with Crippen molar-refractivity contribution in [2.24, 2.45) is 0 Å². The van der Waals surface area contributed by atoms with Crippen LogP contribution in [0.15, 0.2) is 24.4 Å². The lowest BCUT2D eigenvalue weighted by molar-refractivity contribution is -0.0669. The van der Waals surface area contributed by atoms with Crippen molar-refractivity contribution in [2.45, 2.75) is 38.3 Å². The molecule has 0 amide bonds. The number of benzene rings is 1. The molecule has 25 heavy (non-hydrogen) atoms. The molecule has 0 N–H and O–H groups in total. The first-order valence-corrected chi connectivity index (χ1v) is 8.66. The van der Waals surface area contributed by atoms with Crippen LogP contribution in [0.1, 0.15) is 29.3 Å². The van der Waals surface area contributed by atoms with E-state index in [-0.39, 0.29) is 12.1 Å². The predicted molar refractivity (Wildman–Crippen MR) is 91.2 cm³/mol. The third kappa shape index (κ3) is 3.27. The van der Waals surface area contributed by atoms with Crippen molar-refractivity contribution in [1.82, 2.24) is 19.9 Å². The summed E-state index contributed by atoms with van der Waals surface area (Å²) in [5, 5.41) is 8.31. The summed E-state index contributed by atoms with van der Waals surface area (Å²) >= 11 is 0. The zero-order valence-corrected chi connectivity index (χ0v) is 14.7. The quantitative estimate of drug-likeness (QED) is 0.824. The highest BCUT2D eigenvalue weighted by Crippen LogP contribution is 2.31. The monoisotopic (exact) mass is 344 g/mol. The third-order valence-corrected chi connectivity index (χ3v) is 5.06. The van der Waals surface area contributed by atoms with Crippen LogP contribution in [-0.2, 0) is 29.2 Å². The lowest BCUT2D eigenvalue weighted by atomic mass is 9.99. The Hall–Kier alpha value is -1.96. The molecule has 2 aliphatic rings. The lowest BCUT2D eigenvalue weighted by Gasteiger charge is -2.41. The maximum absolute atomic E-state index is 5.99. The molecular weight excluding hydrogens is 320 g/mol. The van der Waals surface area contributed by atoms with Gasteiger partial charge in [0.05, 0.1) is 44.4 Å². The molecule has 2 unspecified atom stereocenters. The van der Waals surface area contributed by atoms with Gasteiger partial charge in [0.1, 0.15) is 5.75 Å². The minimum atomic E-state index is 0.241. The summed E-state index contributed by atoms with van der Waals surface area (Å²) < 4.78 is 18.7. The van der Waals surface area contributed by atoms with Crippen molar-refractivity contribution in [3.05, 3.63) is 41.2 Å². The van der Waals surface area contributed by atoms with Crippen LogP contribution in [0.25, 0.3) is 0 Å². The molecule has 1 aromatic heterocycles. The lowest BCUT2D eigenvalue weighted by Crippen LogP contribution is -2.47. The zero-order valence-electron chi connectivity index (χ0n) is 14.7. The smallest absolute Gasteiger partial charge is 0.124 e. The normalized spacial score (nSPS) is 23.1. The summed E-state index contributed by atoms with van der Waals surface area (Å²) in [5.41, 5.74) is 3.41. The van der Waals surface area contributed by atoms with E-state index in [2.05, 4.69) is 27.3 Å². The Balaban J connectivity index is 1.48. The van der Waals surface area contributed by atoms with Gasteiger partial charge >= 0.3 is 0 Å². The van der Waals surface area contributed by atoms with Gasteiger partial charge in [0.2, 0.25) is 0 Å². The molecule has 1 saturated heterocycles. The maximum atomic E-state index is 5.99. The molecule has 4 rings (SSSR count). The Morgan fingerprint density at radius 2 is 2.24 bits per heavy atom. The highest BCUT2D eigenvalue weighted by Gasteiger charge is 2.36. The maximum Gasteiger partial charge on any atom is 0.124 e. The molecule has 0 radical (unpaired) electrons. The number of piperidine rings is 1. The summed E-state index contributed by atoms with van der Waals surface area (Å²) in [5.74, 6) is 0.872. The number of methoxy groups -OCH3 is 2. The zero-order chi connectivity index (χ0) is 17.2. The number of hydrogen-bond acceptors (Lipinski definition) is 6. The first-order valence-electron chi connectivity index (χ1n) is 8.66. The first-order chi connectivity index (χ1) is 12.3. The van der Waals surface area contributed by atoms with Gasteiger partial charge in [-0.15, -0.1) is 5.10 Å². The van der Waals surface area contributed by atoms with Crippen LogP contribution in [0.4, 0.5) is 0 Å². The van der Waals surface area contributed by atoms with Crippen LogP contribution in [0.5, 0.6) is 5.75 Å². The minimum Gasteiger partial charge on any atom is -0.496 e. The molecule has 2 atom stereocenters. The SMILES string of the molecule is COCc1cc(CN2CCC3OCc4cnnn4C3C2)ccc1OC. The third-order valence-electron chi connectivity index (χ3n) is 5.06. The van der Waals surface area contributed by atoms with Crippen molar-refractivity contribution in [2.75, 3.05) is 27.3 Å². The van der Waals surface area contributed by atoms with Crippen molar-refractivity contribution in [3.8, 4) is 5.75 Å². The molecule has 0 spiro atoms. The summed E-state index contributed by atoms with van der Waals surface area (Å²) in [6.45, 7) is 4.02. The molecule has 7 nitrogen and oxygen atoms in total. The highest BCUT2D eigenvalue weighted by atomic mass is 16.5. The number of likely N-dealkylation sites (tertiary alicyclic amines) is 1. The van der Waals surface area contributed by atoms with Crippen LogP contribution >= 0.6 is 0 Å². The van der Waals surface area contributed by atoms with Gasteiger partial charge in [-0.1, -0.05) is 11.3 Å². The van der Waals surface area contributed by atoms with Crippen LogP contribution in [0.2, 0.25) is 0 Å². The van der Waals surface area contributed by atoms with E-state index in [4.69, 9.17) is 14.2 Å². The highest BCUT2D eigenvalue weighted by molar-refractivity contribution is 5.37. The minimum absolute atomic E-state index is 0.241. The Morgan fingerprint density at radius 3 is 3.08 bits per heavy atom. The molecule has 7 heteroatoms. The molecule has 2 aromatic rings. The van der Waals surface area contributed by atoms with E-state index in [9.17, 15) is 0 Å². The van der Waals surface area contributed by atoms with Crippen molar-refractivity contribution < 1.29 is 14.2 Å². The first kappa shape index (κ1) is 16.5. The van der Waals surface area contributed by atoms with Gasteiger partial charge in [-0.05, 0) is 24.1 Å². The Kier molecular flexibility index (Phi) is 4.70. The fourth-order valence-corrected chi connectivity index (χ4v) is 3.85. The predicted octanol–water partition coefficient (Wildman–Crippen LogP) is 1.78. The molecule has 1 aromatic carbocycles. The number of nitrogens with zero attached hydrogens (tertiary/aromatic N) is 4. The number of hydrogen-bond donors (Lipinski definition) is 0. The van der Waals surface area contributed by atoms with Crippen LogP contribution in [0.3, 0.4) is 0 Å². The van der Waals surface area contributed by atoms with Gasteiger partial charge in [0, 0.05) is 32.3 Å². The fraction of sp³-hybridized carbons (Fsp3) is 0.556. The largest absolute Gasteiger partial charge is 0.496 e. The second kappa shape index (κ2) is 7.11. The average Bonchev–Trinajstić information content (AvgIpc) is 3.11. The van der Waals surface area contributed by atoms with Gasteiger partial charge in [-0.3, -0.25) is 4.90 Å². The second-order valence-electron chi connectivity index (χ2n) is 6.69. The second-order valence-corrected chi connectivity index (χ2v) is 6.69. The standard InChI is InChI=1S/C18H24N4O3/c1-23-11-14-7-13(3-4-17(14)24-2)9-21-6-5-18-16(10-21)22-15(12-25-18)8-19-20-22/h3-4,7-8,16,18H,5-6,9-12H2,1-2H3. The number of fused-ring (bicyclic) bond motifs is 3. The van der Waals surface area contributed by atoms with Gasteiger partial charge in [0.15, 0.2) is 0 Å². The van der Waals surface area contributed by atoms with Crippen molar-refractivity contribution in [3.63, 3.8) is 0 Å². The van der Waals surface area contributed by atoms with E-state index in [1.54, 1.807) is 20.4 Å². The van der Waals surface area contributed by atoms with E-state index in [1.807, 2.05) is 10.7 Å². The van der Waals surface area contributed by atoms with Gasteiger partial charge in [-0.25, -0.2) is 4.68 Å². The molecule has 0 bridgehead atoms. The van der Waals surface area contributed by atoms with E-state index in [1.165, 1.54) is 5.56 Å². The van der Waals surface area contributed by atoms with E-state index in [0.717, 1.165) is 43.1 Å². The number of rotatable bonds is 5. The van der Waals surface area contributed by atoms with Crippen molar-refractivity contribution >= 4 is 0 Å². The fourth-order valence-electron chi connectivity index (χ4n) is 3.85. The number of ether oxygens (including phenoxy) is 3. The molecule has 1 fully saturated rings. The topological polar surface area (TPSA) is 61.6 Å². The molecule has 134 valence electrons. The Morgan fingerprint density at radius 1 is 1.32 bits per heavy atom.